The van der Waals surface area contributed by atoms with Crippen LogP contribution in [0.2, 0.25) is 0 Å². The summed E-state index contributed by atoms with van der Waals surface area (Å²) in [6.07, 6.45) is -2.11. The Morgan fingerprint density at radius 1 is 1.48 bits per heavy atom. The lowest BCUT2D eigenvalue weighted by Crippen LogP contribution is -2.42. The molecule has 21 heavy (non-hydrogen) atoms. The predicted octanol–water partition coefficient (Wildman–Crippen LogP) is 1.55. The van der Waals surface area contributed by atoms with Crippen molar-refractivity contribution in [1.29, 1.82) is 0 Å². The number of hydrogen-bond donors (Lipinski definition) is 2. The van der Waals surface area contributed by atoms with Crippen LogP contribution in [0.3, 0.4) is 0 Å². The van der Waals surface area contributed by atoms with Gasteiger partial charge in [0.15, 0.2) is 0 Å². The van der Waals surface area contributed by atoms with E-state index >= 15 is 0 Å². The minimum Gasteiger partial charge on any atom is -0.465 e. The summed E-state index contributed by atoms with van der Waals surface area (Å²) in [6.45, 7) is 1.68. The summed E-state index contributed by atoms with van der Waals surface area (Å²) in [6, 6.07) is -0.298. The van der Waals surface area contributed by atoms with Crippen LogP contribution in [0.5, 0.6) is 0 Å². The molecular weight excluding hydrogens is 284 g/mol. The molecule has 0 aromatic carbocycles. The van der Waals surface area contributed by atoms with E-state index in [1.54, 1.807) is 6.92 Å². The number of amides is 1. The Labute approximate surface area is 120 Å². The second kappa shape index (κ2) is 4.66. The van der Waals surface area contributed by atoms with E-state index in [1.807, 2.05) is 0 Å². The second-order valence-corrected chi connectivity index (χ2v) is 5.82. The van der Waals surface area contributed by atoms with Crippen LogP contribution in [0.15, 0.2) is 0 Å². The molecule has 116 valence electrons. The normalized spacial score (nSPS) is 27.7. The fraction of sp³-hybridized carbons (Fsp3) is 0.692. The zero-order valence-corrected chi connectivity index (χ0v) is 11.6. The first-order valence-corrected chi connectivity index (χ1v) is 6.94. The molecule has 8 heteroatoms. The van der Waals surface area contributed by atoms with Crippen LogP contribution in [0.25, 0.3) is 0 Å². The molecule has 1 amide bonds. The standard InChI is InChI=1S/C13H17F2N3O3/c1-7-4-10-9(6-17(7)12(20)21)11-13(14,15)3-2-8(19)5-18(11)16-10/h7-8,19H,2-6H2,1H3,(H,20,21)/t7-,8-/m1/s1. The van der Waals surface area contributed by atoms with Crippen molar-refractivity contribution in [3.05, 3.63) is 17.0 Å². The van der Waals surface area contributed by atoms with Gasteiger partial charge in [-0.15, -0.1) is 0 Å². The van der Waals surface area contributed by atoms with Gasteiger partial charge in [0.05, 0.1) is 24.9 Å². The summed E-state index contributed by atoms with van der Waals surface area (Å²) in [5, 5.41) is 23.1. The van der Waals surface area contributed by atoms with E-state index in [1.165, 1.54) is 4.68 Å². The van der Waals surface area contributed by atoms with E-state index in [0.29, 0.717) is 17.7 Å². The van der Waals surface area contributed by atoms with E-state index in [4.69, 9.17) is 0 Å². The molecule has 3 heterocycles. The Balaban J connectivity index is 2.09. The number of hydrogen-bond acceptors (Lipinski definition) is 3. The number of aliphatic hydroxyl groups excluding tert-OH is 1. The molecule has 1 aromatic heterocycles. The maximum absolute atomic E-state index is 14.3. The molecule has 0 spiro atoms. The van der Waals surface area contributed by atoms with Gasteiger partial charge in [0, 0.05) is 24.4 Å². The van der Waals surface area contributed by atoms with Crippen molar-refractivity contribution in [2.75, 3.05) is 0 Å². The molecule has 0 saturated heterocycles. The minimum atomic E-state index is -3.09. The van der Waals surface area contributed by atoms with E-state index in [-0.39, 0.29) is 31.2 Å². The molecule has 0 bridgehead atoms. The molecule has 3 rings (SSSR count). The van der Waals surface area contributed by atoms with Gasteiger partial charge in [-0.25, -0.2) is 4.79 Å². The van der Waals surface area contributed by atoms with Crippen molar-refractivity contribution >= 4 is 6.09 Å². The Morgan fingerprint density at radius 2 is 2.19 bits per heavy atom. The summed E-state index contributed by atoms with van der Waals surface area (Å²) in [4.78, 5) is 12.4. The number of carbonyl (C=O) groups is 1. The van der Waals surface area contributed by atoms with Gasteiger partial charge in [-0.05, 0) is 13.3 Å². The van der Waals surface area contributed by atoms with Crippen molar-refractivity contribution in [2.45, 2.75) is 57.3 Å². The quantitative estimate of drug-likeness (QED) is 0.762. The third-order valence-corrected chi connectivity index (χ3v) is 4.25. The number of rotatable bonds is 0. The Bertz CT molecular complexity index is 587. The SMILES string of the molecule is C[C@@H]1Cc2nn3c(c2CN1C(=O)O)C(F)(F)CC[C@@H](O)C3. The summed E-state index contributed by atoms with van der Waals surface area (Å²) < 4.78 is 29.8. The fourth-order valence-electron chi connectivity index (χ4n) is 3.15. The maximum atomic E-state index is 14.3. The Morgan fingerprint density at radius 3 is 2.86 bits per heavy atom. The Kier molecular flexibility index (Phi) is 3.16. The molecule has 2 atom stereocenters. The first-order chi connectivity index (χ1) is 9.79. The topological polar surface area (TPSA) is 78.6 Å². The summed E-state index contributed by atoms with van der Waals surface area (Å²) in [5.74, 6) is -3.09. The van der Waals surface area contributed by atoms with Crippen molar-refractivity contribution < 1.29 is 23.8 Å². The number of halogens is 2. The molecule has 0 radical (unpaired) electrons. The van der Waals surface area contributed by atoms with Gasteiger partial charge in [0.25, 0.3) is 5.92 Å². The first kappa shape index (κ1) is 14.2. The Hall–Kier alpha value is -1.70. The summed E-state index contributed by atoms with van der Waals surface area (Å²) in [5.41, 5.74) is 0.588. The molecule has 1 aromatic rings. The monoisotopic (exact) mass is 301 g/mol. The van der Waals surface area contributed by atoms with Crippen LogP contribution in [0.1, 0.15) is 36.7 Å². The minimum absolute atomic E-state index is 0.00415. The number of nitrogens with zero attached hydrogens (tertiary/aromatic N) is 3. The third kappa shape index (κ3) is 2.27. The lowest BCUT2D eigenvalue weighted by molar-refractivity contribution is -0.0252. The number of alkyl halides is 2. The zero-order valence-electron chi connectivity index (χ0n) is 11.6. The highest BCUT2D eigenvalue weighted by atomic mass is 19.3. The van der Waals surface area contributed by atoms with Gasteiger partial charge in [-0.1, -0.05) is 0 Å². The molecule has 0 saturated carbocycles. The zero-order chi connectivity index (χ0) is 15.4. The van der Waals surface area contributed by atoms with E-state index < -0.39 is 24.5 Å². The van der Waals surface area contributed by atoms with Gasteiger partial charge in [0.2, 0.25) is 0 Å². The molecule has 2 aliphatic heterocycles. The van der Waals surface area contributed by atoms with Crippen LogP contribution in [0.4, 0.5) is 13.6 Å². The van der Waals surface area contributed by atoms with Gasteiger partial charge >= 0.3 is 6.09 Å². The smallest absolute Gasteiger partial charge is 0.407 e. The highest BCUT2D eigenvalue weighted by Gasteiger charge is 2.44. The highest BCUT2D eigenvalue weighted by molar-refractivity contribution is 5.66. The molecule has 0 unspecified atom stereocenters. The van der Waals surface area contributed by atoms with Crippen LogP contribution < -0.4 is 0 Å². The van der Waals surface area contributed by atoms with Crippen LogP contribution in [-0.2, 0) is 25.4 Å². The van der Waals surface area contributed by atoms with Crippen LogP contribution in [-0.4, -0.2) is 43.1 Å². The number of aliphatic hydroxyl groups is 1. The van der Waals surface area contributed by atoms with Gasteiger partial charge in [-0.3, -0.25) is 4.68 Å². The van der Waals surface area contributed by atoms with Gasteiger partial charge in [0.1, 0.15) is 5.69 Å². The lowest BCUT2D eigenvalue weighted by Gasteiger charge is -2.31. The average Bonchev–Trinajstić information content (AvgIpc) is 2.67. The van der Waals surface area contributed by atoms with Crippen molar-refractivity contribution in [3.63, 3.8) is 0 Å². The highest BCUT2D eigenvalue weighted by Crippen LogP contribution is 2.41. The molecule has 0 aliphatic carbocycles. The third-order valence-electron chi connectivity index (χ3n) is 4.25. The van der Waals surface area contributed by atoms with Crippen molar-refractivity contribution in [2.24, 2.45) is 0 Å². The van der Waals surface area contributed by atoms with Crippen LogP contribution in [0, 0.1) is 0 Å². The second-order valence-electron chi connectivity index (χ2n) is 5.82. The summed E-state index contributed by atoms with van der Waals surface area (Å²) >= 11 is 0. The van der Waals surface area contributed by atoms with E-state index in [9.17, 15) is 23.8 Å². The van der Waals surface area contributed by atoms with E-state index in [0.717, 1.165) is 4.90 Å². The largest absolute Gasteiger partial charge is 0.465 e. The van der Waals surface area contributed by atoms with E-state index in [2.05, 4.69) is 5.10 Å². The van der Waals surface area contributed by atoms with Gasteiger partial charge in [-0.2, -0.15) is 13.9 Å². The summed E-state index contributed by atoms with van der Waals surface area (Å²) in [7, 11) is 0. The van der Waals surface area contributed by atoms with Gasteiger partial charge < -0.3 is 15.1 Å². The fourth-order valence-corrected chi connectivity index (χ4v) is 3.15. The molecule has 2 aliphatic rings. The number of carboxylic acid groups (broad SMARTS) is 1. The predicted molar refractivity (Wildman–Crippen MR) is 68.1 cm³/mol. The van der Waals surface area contributed by atoms with Crippen molar-refractivity contribution in [3.8, 4) is 0 Å². The molecule has 0 fully saturated rings. The molecular formula is C13H17F2N3O3. The molecule has 6 nitrogen and oxygen atoms in total. The number of aromatic nitrogens is 2. The van der Waals surface area contributed by atoms with Crippen LogP contribution >= 0.6 is 0 Å². The van der Waals surface area contributed by atoms with Crippen molar-refractivity contribution in [1.82, 2.24) is 14.7 Å². The maximum Gasteiger partial charge on any atom is 0.407 e. The first-order valence-electron chi connectivity index (χ1n) is 6.94. The number of fused-ring (bicyclic) bond motifs is 3. The average molecular weight is 301 g/mol. The lowest BCUT2D eigenvalue weighted by atomic mass is 9.96. The molecule has 2 N–H and O–H groups in total.